The van der Waals surface area contributed by atoms with Crippen LogP contribution in [0.3, 0.4) is 0 Å². The molecule has 2 fully saturated rings. The van der Waals surface area contributed by atoms with Crippen molar-refractivity contribution in [2.24, 2.45) is 5.92 Å². The first-order valence-corrected chi connectivity index (χ1v) is 12.4. The van der Waals surface area contributed by atoms with E-state index in [1.165, 1.54) is 13.4 Å². The van der Waals surface area contributed by atoms with Gasteiger partial charge in [0.1, 0.15) is 24.5 Å². The van der Waals surface area contributed by atoms with Gasteiger partial charge in [-0.05, 0) is 48.9 Å². The first kappa shape index (κ1) is 24.6. The van der Waals surface area contributed by atoms with Crippen molar-refractivity contribution in [3.05, 3.63) is 66.2 Å². The topological polar surface area (TPSA) is 106 Å². The van der Waals surface area contributed by atoms with Crippen LogP contribution in [0.2, 0.25) is 0 Å². The number of nitriles is 1. The van der Waals surface area contributed by atoms with Crippen molar-refractivity contribution >= 4 is 17.3 Å². The average molecular weight is 503 g/mol. The lowest BCUT2D eigenvalue weighted by Gasteiger charge is -2.37. The third kappa shape index (κ3) is 5.84. The van der Waals surface area contributed by atoms with Gasteiger partial charge in [0.05, 0.1) is 44.1 Å². The molecule has 2 saturated heterocycles. The number of aromatic nitrogens is 3. The average Bonchev–Trinajstić information content (AvgIpc) is 3.64. The van der Waals surface area contributed by atoms with Crippen LogP contribution in [0.15, 0.2) is 55.1 Å². The SMILES string of the molecule is COC(=O)c1ccc(N2CCN(c3ccc(OC[C@@H]4CO[C@H](Cn5cncn5)C4)c(C#N)c3)CC2)cc1. The number of piperazine rings is 1. The van der Waals surface area contributed by atoms with Crippen molar-refractivity contribution in [2.45, 2.75) is 19.1 Å². The van der Waals surface area contributed by atoms with Gasteiger partial charge >= 0.3 is 5.97 Å². The second kappa shape index (κ2) is 11.3. The van der Waals surface area contributed by atoms with Gasteiger partial charge < -0.3 is 24.0 Å². The highest BCUT2D eigenvalue weighted by atomic mass is 16.5. The van der Waals surface area contributed by atoms with Crippen LogP contribution >= 0.6 is 0 Å². The quantitative estimate of drug-likeness (QED) is 0.430. The maximum Gasteiger partial charge on any atom is 0.337 e. The van der Waals surface area contributed by atoms with Crippen LogP contribution in [-0.2, 0) is 16.0 Å². The van der Waals surface area contributed by atoms with E-state index in [2.05, 4.69) is 26.0 Å². The fraction of sp³-hybridized carbons (Fsp3) is 0.407. The van der Waals surface area contributed by atoms with Crippen LogP contribution in [-0.4, -0.2) is 73.3 Å². The van der Waals surface area contributed by atoms with E-state index in [0.717, 1.165) is 44.0 Å². The molecule has 10 nitrogen and oxygen atoms in total. The summed E-state index contributed by atoms with van der Waals surface area (Å²) >= 11 is 0. The molecule has 192 valence electrons. The monoisotopic (exact) mass is 502 g/mol. The Kier molecular flexibility index (Phi) is 7.51. The van der Waals surface area contributed by atoms with Crippen LogP contribution in [0.1, 0.15) is 22.3 Å². The van der Waals surface area contributed by atoms with Crippen molar-refractivity contribution in [1.29, 1.82) is 5.26 Å². The number of esters is 1. The number of rotatable bonds is 8. The third-order valence-electron chi connectivity index (χ3n) is 6.88. The Morgan fingerprint density at radius 1 is 1.11 bits per heavy atom. The molecule has 2 atom stereocenters. The van der Waals surface area contributed by atoms with Gasteiger partial charge in [0, 0.05) is 43.5 Å². The van der Waals surface area contributed by atoms with E-state index in [1.807, 2.05) is 30.3 Å². The standard InChI is InChI=1S/C27H30N6O4/c1-35-27(34)21-2-4-23(5-3-21)31-8-10-32(11-9-31)24-6-7-26(22(13-24)14-28)37-17-20-12-25(36-16-20)15-33-19-29-18-30-33/h2-7,13,18-20,25H,8-12,15-17H2,1H3/t20-,25-/m0/s1. The normalized spacial score (nSPS) is 19.5. The number of nitrogens with zero attached hydrogens (tertiary/aromatic N) is 6. The van der Waals surface area contributed by atoms with E-state index in [-0.39, 0.29) is 18.0 Å². The number of hydrogen-bond donors (Lipinski definition) is 0. The van der Waals surface area contributed by atoms with E-state index in [1.54, 1.807) is 23.1 Å². The largest absolute Gasteiger partial charge is 0.492 e. The summed E-state index contributed by atoms with van der Waals surface area (Å²) in [6.45, 7) is 5.17. The van der Waals surface area contributed by atoms with Crippen molar-refractivity contribution in [2.75, 3.05) is 56.3 Å². The van der Waals surface area contributed by atoms with Gasteiger partial charge in [-0.2, -0.15) is 10.4 Å². The smallest absolute Gasteiger partial charge is 0.337 e. The molecule has 0 spiro atoms. The van der Waals surface area contributed by atoms with Crippen LogP contribution in [0.25, 0.3) is 0 Å². The zero-order valence-electron chi connectivity index (χ0n) is 20.8. The second-order valence-electron chi connectivity index (χ2n) is 9.29. The molecular weight excluding hydrogens is 472 g/mol. The number of carbonyl (C=O) groups is 1. The molecule has 0 saturated carbocycles. The zero-order valence-corrected chi connectivity index (χ0v) is 20.8. The summed E-state index contributed by atoms with van der Waals surface area (Å²) in [5.41, 5.74) is 3.18. The minimum atomic E-state index is -0.332. The third-order valence-corrected chi connectivity index (χ3v) is 6.88. The lowest BCUT2D eigenvalue weighted by Crippen LogP contribution is -2.46. The van der Waals surface area contributed by atoms with Gasteiger partial charge in [-0.15, -0.1) is 0 Å². The zero-order chi connectivity index (χ0) is 25.6. The lowest BCUT2D eigenvalue weighted by atomic mass is 10.1. The number of methoxy groups -OCH3 is 1. The molecule has 37 heavy (non-hydrogen) atoms. The predicted molar refractivity (Wildman–Crippen MR) is 137 cm³/mol. The van der Waals surface area contributed by atoms with Gasteiger partial charge in [-0.25, -0.2) is 9.78 Å². The van der Waals surface area contributed by atoms with Gasteiger partial charge in [-0.1, -0.05) is 0 Å². The van der Waals surface area contributed by atoms with Gasteiger partial charge in [-0.3, -0.25) is 4.68 Å². The van der Waals surface area contributed by atoms with Crippen molar-refractivity contribution < 1.29 is 19.0 Å². The Morgan fingerprint density at radius 3 is 2.51 bits per heavy atom. The summed E-state index contributed by atoms with van der Waals surface area (Å²) < 4.78 is 18.5. The fourth-order valence-electron chi connectivity index (χ4n) is 4.84. The number of ether oxygens (including phenoxy) is 3. The maximum atomic E-state index is 11.7. The Labute approximate surface area is 216 Å². The van der Waals surface area contributed by atoms with Crippen molar-refractivity contribution in [1.82, 2.24) is 14.8 Å². The predicted octanol–water partition coefficient (Wildman–Crippen LogP) is 2.75. The molecule has 10 heteroatoms. The molecule has 1 aromatic heterocycles. The fourth-order valence-corrected chi connectivity index (χ4v) is 4.84. The van der Waals surface area contributed by atoms with E-state index in [4.69, 9.17) is 14.2 Å². The summed E-state index contributed by atoms with van der Waals surface area (Å²) in [4.78, 5) is 20.2. The van der Waals surface area contributed by atoms with E-state index >= 15 is 0 Å². The Morgan fingerprint density at radius 2 is 1.84 bits per heavy atom. The molecule has 0 radical (unpaired) electrons. The van der Waals surface area contributed by atoms with Crippen LogP contribution in [0.5, 0.6) is 5.75 Å². The minimum absolute atomic E-state index is 0.0950. The molecule has 5 rings (SSSR count). The highest BCUT2D eigenvalue weighted by Crippen LogP contribution is 2.28. The lowest BCUT2D eigenvalue weighted by molar-refractivity contribution is 0.0600. The number of hydrogen-bond acceptors (Lipinski definition) is 9. The molecule has 2 aliphatic heterocycles. The molecule has 0 aliphatic carbocycles. The van der Waals surface area contributed by atoms with Gasteiger partial charge in [0.25, 0.3) is 0 Å². The molecule has 0 N–H and O–H groups in total. The van der Waals surface area contributed by atoms with Crippen LogP contribution in [0.4, 0.5) is 11.4 Å². The Bertz CT molecular complexity index is 1230. The van der Waals surface area contributed by atoms with Crippen LogP contribution in [0, 0.1) is 17.2 Å². The molecule has 0 unspecified atom stereocenters. The number of benzene rings is 2. The summed E-state index contributed by atoms with van der Waals surface area (Å²) in [7, 11) is 1.38. The van der Waals surface area contributed by atoms with E-state index in [0.29, 0.717) is 36.6 Å². The molecule has 2 aromatic carbocycles. The number of carbonyl (C=O) groups excluding carboxylic acids is 1. The summed E-state index contributed by atoms with van der Waals surface area (Å²) in [5, 5.41) is 13.9. The Hall–Kier alpha value is -4.10. The highest BCUT2D eigenvalue weighted by molar-refractivity contribution is 5.89. The van der Waals surface area contributed by atoms with E-state index in [9.17, 15) is 10.1 Å². The highest BCUT2D eigenvalue weighted by Gasteiger charge is 2.27. The first-order chi connectivity index (χ1) is 18.1. The molecule has 2 aliphatic rings. The second-order valence-corrected chi connectivity index (χ2v) is 9.29. The van der Waals surface area contributed by atoms with Crippen LogP contribution < -0.4 is 14.5 Å². The van der Waals surface area contributed by atoms with Crippen molar-refractivity contribution in [3.63, 3.8) is 0 Å². The summed E-state index contributed by atoms with van der Waals surface area (Å²) in [5.74, 6) is 0.547. The molecular formula is C27H30N6O4. The molecule has 3 heterocycles. The first-order valence-electron chi connectivity index (χ1n) is 12.4. The van der Waals surface area contributed by atoms with Gasteiger partial charge in [0.2, 0.25) is 0 Å². The van der Waals surface area contributed by atoms with E-state index < -0.39 is 0 Å². The summed E-state index contributed by atoms with van der Waals surface area (Å²) in [6.07, 6.45) is 4.19. The van der Waals surface area contributed by atoms with Crippen molar-refractivity contribution in [3.8, 4) is 11.8 Å². The maximum absolute atomic E-state index is 11.7. The van der Waals surface area contributed by atoms with Gasteiger partial charge in [0.15, 0.2) is 0 Å². The molecule has 0 amide bonds. The summed E-state index contributed by atoms with van der Waals surface area (Å²) in [6, 6.07) is 15.6. The Balaban J connectivity index is 1.13. The minimum Gasteiger partial charge on any atom is -0.492 e. The number of anilines is 2. The molecule has 0 bridgehead atoms. The molecule has 3 aromatic rings.